The molecule has 0 fully saturated rings. The summed E-state index contributed by atoms with van der Waals surface area (Å²) in [6.45, 7) is 3.72. The van der Waals surface area contributed by atoms with Crippen LogP contribution >= 0.6 is 12.6 Å². The zero-order chi connectivity index (χ0) is 8.69. The first-order chi connectivity index (χ1) is 5.24. The van der Waals surface area contributed by atoms with Gasteiger partial charge in [0.05, 0.1) is 5.83 Å². The van der Waals surface area contributed by atoms with Crippen LogP contribution in [-0.4, -0.2) is 5.75 Å². The first-order valence-electron chi connectivity index (χ1n) is 3.86. The molecular weight excluding hydrogens is 159 g/mol. The van der Waals surface area contributed by atoms with Crippen LogP contribution in [0.3, 0.4) is 0 Å². The molecule has 0 saturated carbocycles. The first-order valence-corrected chi connectivity index (χ1v) is 4.50. The standard InChI is InChI=1S/C9H15FS/c1-3-8(5-6-11)7-9(10)4-2/h3,7,11H,4-6H2,1-2H3/b8-3-,9-7+. The summed E-state index contributed by atoms with van der Waals surface area (Å²) < 4.78 is 12.7. The fourth-order valence-corrected chi connectivity index (χ4v) is 0.990. The van der Waals surface area contributed by atoms with E-state index in [1.807, 2.05) is 13.0 Å². The molecule has 0 rings (SSSR count). The summed E-state index contributed by atoms with van der Waals surface area (Å²) in [6, 6.07) is 0. The molecule has 0 nitrogen and oxygen atoms in total. The van der Waals surface area contributed by atoms with E-state index in [4.69, 9.17) is 0 Å². The molecule has 0 aliphatic rings. The Labute approximate surface area is 73.6 Å². The first kappa shape index (κ1) is 10.8. The van der Waals surface area contributed by atoms with Crippen LogP contribution in [0, 0.1) is 0 Å². The average molecular weight is 174 g/mol. The molecule has 0 aromatic carbocycles. The molecule has 2 heteroatoms. The van der Waals surface area contributed by atoms with Gasteiger partial charge in [0.1, 0.15) is 0 Å². The van der Waals surface area contributed by atoms with E-state index >= 15 is 0 Å². The summed E-state index contributed by atoms with van der Waals surface area (Å²) in [5.41, 5.74) is 1.03. The van der Waals surface area contributed by atoms with E-state index in [1.54, 1.807) is 13.0 Å². The number of allylic oxidation sites excluding steroid dienone is 4. The number of thiol groups is 1. The highest BCUT2D eigenvalue weighted by atomic mass is 32.1. The third-order valence-corrected chi connectivity index (χ3v) is 1.67. The minimum atomic E-state index is -0.0557. The maximum Gasteiger partial charge on any atom is 0.0999 e. The Morgan fingerprint density at radius 2 is 2.18 bits per heavy atom. The molecule has 0 atom stereocenters. The molecule has 0 N–H and O–H groups in total. The van der Waals surface area contributed by atoms with Gasteiger partial charge in [0.15, 0.2) is 0 Å². The summed E-state index contributed by atoms with van der Waals surface area (Å²) in [7, 11) is 0. The van der Waals surface area contributed by atoms with Crippen LogP contribution in [0.1, 0.15) is 26.7 Å². The summed E-state index contributed by atoms with van der Waals surface area (Å²) in [5, 5.41) is 0. The fourth-order valence-electron chi connectivity index (χ4n) is 0.732. The maximum absolute atomic E-state index is 12.7. The van der Waals surface area contributed by atoms with Crippen LogP contribution in [0.25, 0.3) is 0 Å². The molecule has 0 aliphatic heterocycles. The molecule has 0 aliphatic carbocycles. The van der Waals surface area contributed by atoms with Gasteiger partial charge < -0.3 is 0 Å². The summed E-state index contributed by atoms with van der Waals surface area (Å²) in [4.78, 5) is 0. The summed E-state index contributed by atoms with van der Waals surface area (Å²) >= 11 is 4.07. The molecule has 11 heavy (non-hydrogen) atoms. The minimum Gasteiger partial charge on any atom is -0.212 e. The Bertz CT molecular complexity index is 159. The average Bonchev–Trinajstić information content (AvgIpc) is 2.03. The van der Waals surface area contributed by atoms with Crippen molar-refractivity contribution in [1.29, 1.82) is 0 Å². The molecule has 0 amide bonds. The monoisotopic (exact) mass is 174 g/mol. The van der Waals surface area contributed by atoms with Crippen molar-refractivity contribution in [3.8, 4) is 0 Å². The van der Waals surface area contributed by atoms with Crippen LogP contribution in [0.2, 0.25) is 0 Å². The van der Waals surface area contributed by atoms with E-state index in [0.717, 1.165) is 17.7 Å². The minimum absolute atomic E-state index is 0.0557. The molecule has 0 heterocycles. The van der Waals surface area contributed by atoms with Gasteiger partial charge in [-0.05, 0) is 37.2 Å². The second-order valence-electron chi connectivity index (χ2n) is 2.28. The van der Waals surface area contributed by atoms with Crippen LogP contribution in [0.4, 0.5) is 4.39 Å². The topological polar surface area (TPSA) is 0 Å². The maximum atomic E-state index is 12.7. The largest absolute Gasteiger partial charge is 0.212 e. The lowest BCUT2D eigenvalue weighted by molar-refractivity contribution is 0.603. The van der Waals surface area contributed by atoms with Crippen molar-refractivity contribution < 1.29 is 4.39 Å². The molecule has 0 saturated heterocycles. The fraction of sp³-hybridized carbons (Fsp3) is 0.556. The predicted octanol–water partition coefficient (Wildman–Crippen LogP) is 3.52. The Balaban J connectivity index is 4.07. The third kappa shape index (κ3) is 5.08. The molecule has 0 spiro atoms. The van der Waals surface area contributed by atoms with Gasteiger partial charge in [-0.15, -0.1) is 0 Å². The highest BCUT2D eigenvalue weighted by Crippen LogP contribution is 2.11. The van der Waals surface area contributed by atoms with E-state index in [-0.39, 0.29) is 5.83 Å². The Hall–Kier alpha value is -0.240. The summed E-state index contributed by atoms with van der Waals surface area (Å²) in [6.07, 6.45) is 4.83. The number of hydrogen-bond acceptors (Lipinski definition) is 1. The predicted molar refractivity (Wildman–Crippen MR) is 51.7 cm³/mol. The third-order valence-electron chi connectivity index (χ3n) is 1.45. The SMILES string of the molecule is C/C=C(\C=C(\F)CC)CCS. The van der Waals surface area contributed by atoms with Gasteiger partial charge in [-0.2, -0.15) is 12.6 Å². The van der Waals surface area contributed by atoms with Crippen LogP contribution in [-0.2, 0) is 0 Å². The molecule has 0 aromatic heterocycles. The number of halogens is 1. The Morgan fingerprint density at radius 1 is 1.55 bits per heavy atom. The molecule has 0 radical (unpaired) electrons. The normalized spacial score (nSPS) is 13.8. The lowest BCUT2D eigenvalue weighted by atomic mass is 10.1. The Kier molecular flexibility index (Phi) is 6.33. The van der Waals surface area contributed by atoms with Gasteiger partial charge in [0, 0.05) is 0 Å². The van der Waals surface area contributed by atoms with Crippen molar-refractivity contribution in [1.82, 2.24) is 0 Å². The number of hydrogen-bond donors (Lipinski definition) is 1. The van der Waals surface area contributed by atoms with Gasteiger partial charge in [0.2, 0.25) is 0 Å². The van der Waals surface area contributed by atoms with E-state index in [2.05, 4.69) is 12.6 Å². The van der Waals surface area contributed by atoms with Gasteiger partial charge >= 0.3 is 0 Å². The van der Waals surface area contributed by atoms with E-state index in [9.17, 15) is 4.39 Å². The second-order valence-corrected chi connectivity index (χ2v) is 2.73. The van der Waals surface area contributed by atoms with E-state index < -0.39 is 0 Å². The number of rotatable bonds is 4. The zero-order valence-electron chi connectivity index (χ0n) is 7.10. The molecule has 0 unspecified atom stereocenters. The van der Waals surface area contributed by atoms with Crippen molar-refractivity contribution in [3.63, 3.8) is 0 Å². The van der Waals surface area contributed by atoms with Gasteiger partial charge in [0.25, 0.3) is 0 Å². The van der Waals surface area contributed by atoms with Crippen LogP contribution in [0.5, 0.6) is 0 Å². The van der Waals surface area contributed by atoms with Gasteiger partial charge in [-0.25, -0.2) is 4.39 Å². The van der Waals surface area contributed by atoms with E-state index in [0.29, 0.717) is 6.42 Å². The van der Waals surface area contributed by atoms with Gasteiger partial charge in [-0.1, -0.05) is 13.0 Å². The van der Waals surface area contributed by atoms with Crippen molar-refractivity contribution in [2.45, 2.75) is 26.7 Å². The highest BCUT2D eigenvalue weighted by Gasteiger charge is 1.93. The molecule has 64 valence electrons. The van der Waals surface area contributed by atoms with E-state index in [1.165, 1.54) is 0 Å². The van der Waals surface area contributed by atoms with Crippen molar-refractivity contribution in [3.05, 3.63) is 23.6 Å². The van der Waals surface area contributed by atoms with Crippen molar-refractivity contribution in [2.75, 3.05) is 5.75 Å². The summed E-state index contributed by atoms with van der Waals surface area (Å²) in [5.74, 6) is 0.715. The van der Waals surface area contributed by atoms with Crippen LogP contribution in [0.15, 0.2) is 23.6 Å². The zero-order valence-corrected chi connectivity index (χ0v) is 8.00. The van der Waals surface area contributed by atoms with Gasteiger partial charge in [-0.3, -0.25) is 0 Å². The lowest BCUT2D eigenvalue weighted by Gasteiger charge is -1.97. The highest BCUT2D eigenvalue weighted by molar-refractivity contribution is 7.80. The Morgan fingerprint density at radius 3 is 2.55 bits per heavy atom. The van der Waals surface area contributed by atoms with Crippen molar-refractivity contribution >= 4 is 12.6 Å². The van der Waals surface area contributed by atoms with Crippen molar-refractivity contribution in [2.24, 2.45) is 0 Å². The smallest absolute Gasteiger partial charge is 0.0999 e. The van der Waals surface area contributed by atoms with Crippen LogP contribution < -0.4 is 0 Å². The second kappa shape index (κ2) is 6.47. The quantitative estimate of drug-likeness (QED) is 0.489. The molecule has 0 bridgehead atoms. The molecule has 0 aromatic rings. The lowest BCUT2D eigenvalue weighted by Crippen LogP contribution is -1.81. The molecular formula is C9H15FS.